The molecule has 0 saturated carbocycles. The van der Waals surface area contributed by atoms with E-state index in [1.165, 1.54) is 12.1 Å². The summed E-state index contributed by atoms with van der Waals surface area (Å²) in [5.74, 6) is -3.55. The first-order valence-electron chi connectivity index (χ1n) is 6.94. The van der Waals surface area contributed by atoms with Crippen molar-refractivity contribution < 1.29 is 23.1 Å². The van der Waals surface area contributed by atoms with E-state index in [0.717, 1.165) is 11.3 Å². The Bertz CT molecular complexity index is 722. The summed E-state index contributed by atoms with van der Waals surface area (Å²) >= 11 is 1.46. The number of amides is 1. The van der Waals surface area contributed by atoms with Gasteiger partial charge in [-0.25, -0.2) is 4.98 Å². The number of ether oxygens (including phenoxy) is 1. The van der Waals surface area contributed by atoms with Crippen LogP contribution in [0.5, 0.6) is 0 Å². The first kappa shape index (κ1) is 18.3. The van der Waals surface area contributed by atoms with Crippen LogP contribution >= 0.6 is 23.1 Å². The fourth-order valence-electron chi connectivity index (χ4n) is 1.82. The van der Waals surface area contributed by atoms with Crippen molar-refractivity contribution in [2.75, 3.05) is 11.9 Å². The molecule has 2 aromatic rings. The zero-order valence-electron chi connectivity index (χ0n) is 12.6. The molecule has 0 radical (unpaired) electrons. The van der Waals surface area contributed by atoms with E-state index in [0.29, 0.717) is 17.5 Å². The van der Waals surface area contributed by atoms with E-state index in [4.69, 9.17) is 4.74 Å². The Morgan fingerprint density at radius 1 is 1.38 bits per heavy atom. The second-order valence-electron chi connectivity index (χ2n) is 4.45. The van der Waals surface area contributed by atoms with E-state index < -0.39 is 17.6 Å². The molecule has 1 N–H and O–H groups in total. The smallest absolute Gasteiger partial charge is 0.311 e. The fraction of sp³-hybridized carbons (Fsp3) is 0.267. The molecule has 0 aliphatic carbocycles. The lowest BCUT2D eigenvalue weighted by atomic mass is 10.2. The number of carbonyl (C=O) groups excluding carboxylic acids is 2. The van der Waals surface area contributed by atoms with Crippen LogP contribution in [0.3, 0.4) is 0 Å². The normalized spacial score (nSPS) is 10.7. The lowest BCUT2D eigenvalue weighted by Crippen LogP contribution is -2.13. The topological polar surface area (TPSA) is 68.3 Å². The van der Waals surface area contributed by atoms with Crippen LogP contribution in [-0.2, 0) is 16.0 Å². The summed E-state index contributed by atoms with van der Waals surface area (Å²) in [5.41, 5.74) is 0.619. The molecule has 0 atom stereocenters. The van der Waals surface area contributed by atoms with Crippen molar-refractivity contribution in [3.05, 3.63) is 40.9 Å². The highest BCUT2D eigenvalue weighted by atomic mass is 32.2. The number of alkyl halides is 2. The van der Waals surface area contributed by atoms with E-state index in [1.807, 2.05) is 0 Å². The van der Waals surface area contributed by atoms with Gasteiger partial charge < -0.3 is 4.74 Å². The fourth-order valence-corrected chi connectivity index (χ4v) is 3.16. The Balaban J connectivity index is 2.05. The van der Waals surface area contributed by atoms with Crippen LogP contribution in [0.1, 0.15) is 23.0 Å². The van der Waals surface area contributed by atoms with Crippen LogP contribution in [0.4, 0.5) is 13.9 Å². The predicted molar refractivity (Wildman–Crippen MR) is 88.7 cm³/mol. The summed E-state index contributed by atoms with van der Waals surface area (Å²) in [6, 6.07) is 6.10. The average molecular weight is 372 g/mol. The van der Waals surface area contributed by atoms with Gasteiger partial charge in [0.2, 0.25) is 0 Å². The number of hydrogen-bond donors (Lipinski definition) is 1. The van der Waals surface area contributed by atoms with E-state index in [2.05, 4.69) is 10.3 Å². The molecule has 0 fully saturated rings. The summed E-state index contributed by atoms with van der Waals surface area (Å²) in [5, 5.41) is 4.48. The maximum Gasteiger partial charge on any atom is 0.311 e. The van der Waals surface area contributed by atoms with E-state index in [-0.39, 0.29) is 28.6 Å². The van der Waals surface area contributed by atoms with Gasteiger partial charge in [-0.05, 0) is 19.1 Å². The van der Waals surface area contributed by atoms with E-state index >= 15 is 0 Å². The Kier molecular flexibility index (Phi) is 6.68. The minimum atomic E-state index is -2.62. The van der Waals surface area contributed by atoms with Gasteiger partial charge in [0, 0.05) is 10.3 Å². The molecule has 0 spiro atoms. The zero-order chi connectivity index (χ0) is 17.5. The molecular weight excluding hydrogens is 358 g/mol. The van der Waals surface area contributed by atoms with E-state index in [1.54, 1.807) is 24.4 Å². The number of benzene rings is 1. The highest BCUT2D eigenvalue weighted by molar-refractivity contribution is 7.99. The molecule has 24 heavy (non-hydrogen) atoms. The van der Waals surface area contributed by atoms with Crippen LogP contribution in [0.25, 0.3) is 0 Å². The summed E-state index contributed by atoms with van der Waals surface area (Å²) in [6.07, 6.45) is 0.0119. The van der Waals surface area contributed by atoms with Crippen molar-refractivity contribution in [1.82, 2.24) is 4.98 Å². The maximum atomic E-state index is 12.6. The molecule has 128 valence electrons. The number of esters is 1. The molecule has 0 aliphatic rings. The number of thioether (sulfide) groups is 1. The van der Waals surface area contributed by atoms with Crippen molar-refractivity contribution in [3.63, 3.8) is 0 Å². The van der Waals surface area contributed by atoms with Gasteiger partial charge in [0.25, 0.3) is 11.7 Å². The minimum Gasteiger partial charge on any atom is -0.466 e. The highest BCUT2D eigenvalue weighted by Crippen LogP contribution is 2.29. The van der Waals surface area contributed by atoms with Crippen molar-refractivity contribution in [3.8, 4) is 0 Å². The number of anilines is 1. The molecule has 5 nitrogen and oxygen atoms in total. The molecule has 0 bridgehead atoms. The average Bonchev–Trinajstić information content (AvgIpc) is 2.94. The summed E-state index contributed by atoms with van der Waals surface area (Å²) < 4.78 is 29.9. The summed E-state index contributed by atoms with van der Waals surface area (Å²) in [6.45, 7) is 1.99. The number of thiazole rings is 1. The van der Waals surface area contributed by atoms with Crippen LogP contribution in [-0.4, -0.2) is 29.2 Å². The number of hydrogen-bond acceptors (Lipinski definition) is 6. The number of nitrogens with zero attached hydrogens (tertiary/aromatic N) is 1. The van der Waals surface area contributed by atoms with Gasteiger partial charge in [0.1, 0.15) is 0 Å². The standard InChI is InChI=1S/C15H14F2N2O3S2/c1-2-22-12(20)7-9-8-23-15(18-9)19-13(21)10-5-3-4-6-11(10)24-14(16)17/h3-6,8,14H,2,7H2,1H3,(H,18,19,21). The van der Waals surface area contributed by atoms with Gasteiger partial charge in [-0.2, -0.15) is 8.78 Å². The Labute approximate surface area is 145 Å². The molecule has 0 aliphatic heterocycles. The molecule has 1 amide bonds. The summed E-state index contributed by atoms with van der Waals surface area (Å²) in [4.78, 5) is 28.0. The first-order valence-corrected chi connectivity index (χ1v) is 8.70. The van der Waals surface area contributed by atoms with Crippen LogP contribution in [0.2, 0.25) is 0 Å². The molecule has 0 unspecified atom stereocenters. The van der Waals surface area contributed by atoms with Gasteiger partial charge >= 0.3 is 5.97 Å². The number of aromatic nitrogens is 1. The lowest BCUT2D eigenvalue weighted by Gasteiger charge is -2.07. The first-order chi connectivity index (χ1) is 11.5. The van der Waals surface area contributed by atoms with Crippen LogP contribution in [0, 0.1) is 0 Å². The van der Waals surface area contributed by atoms with Crippen molar-refractivity contribution >= 4 is 40.1 Å². The number of nitrogens with one attached hydrogen (secondary N) is 1. The van der Waals surface area contributed by atoms with Crippen LogP contribution in [0.15, 0.2) is 34.5 Å². The van der Waals surface area contributed by atoms with E-state index in [9.17, 15) is 18.4 Å². The molecule has 9 heteroatoms. The third-order valence-electron chi connectivity index (χ3n) is 2.75. The predicted octanol–water partition coefficient (Wildman–Crippen LogP) is 3.82. The molecule has 1 aromatic heterocycles. The van der Waals surface area contributed by atoms with Gasteiger partial charge in [0.05, 0.1) is 24.3 Å². The lowest BCUT2D eigenvalue weighted by molar-refractivity contribution is -0.142. The highest BCUT2D eigenvalue weighted by Gasteiger charge is 2.17. The third kappa shape index (κ3) is 5.27. The number of rotatable bonds is 7. The van der Waals surface area contributed by atoms with Gasteiger partial charge in [0.15, 0.2) is 5.13 Å². The molecule has 0 saturated heterocycles. The number of halogens is 2. The van der Waals surface area contributed by atoms with Gasteiger partial charge in [-0.15, -0.1) is 11.3 Å². The molecule has 1 heterocycles. The Morgan fingerprint density at radius 3 is 2.83 bits per heavy atom. The zero-order valence-corrected chi connectivity index (χ0v) is 14.3. The molecule has 2 rings (SSSR count). The van der Waals surface area contributed by atoms with Gasteiger partial charge in [-0.1, -0.05) is 23.9 Å². The van der Waals surface area contributed by atoms with Gasteiger partial charge in [-0.3, -0.25) is 14.9 Å². The summed E-state index contributed by atoms with van der Waals surface area (Å²) in [7, 11) is 0. The largest absolute Gasteiger partial charge is 0.466 e. The second kappa shape index (κ2) is 8.74. The maximum absolute atomic E-state index is 12.6. The van der Waals surface area contributed by atoms with Crippen LogP contribution < -0.4 is 5.32 Å². The monoisotopic (exact) mass is 372 g/mol. The Hall–Kier alpha value is -2.00. The van der Waals surface area contributed by atoms with Crippen molar-refractivity contribution in [1.29, 1.82) is 0 Å². The molecule has 1 aromatic carbocycles. The number of carbonyl (C=O) groups is 2. The van der Waals surface area contributed by atoms with Crippen molar-refractivity contribution in [2.45, 2.75) is 24.0 Å². The molecular formula is C15H14F2N2O3S2. The second-order valence-corrected chi connectivity index (χ2v) is 6.34. The van der Waals surface area contributed by atoms with Crippen molar-refractivity contribution in [2.24, 2.45) is 0 Å². The quantitative estimate of drug-likeness (QED) is 0.591. The SMILES string of the molecule is CCOC(=O)Cc1csc(NC(=O)c2ccccc2SC(F)F)n1. The Morgan fingerprint density at radius 2 is 2.12 bits per heavy atom. The minimum absolute atomic E-state index is 0.0119. The third-order valence-corrected chi connectivity index (χ3v) is 4.35.